The Bertz CT molecular complexity index is 166. The second kappa shape index (κ2) is 5.80. The zero-order valence-corrected chi connectivity index (χ0v) is 8.00. The fraction of sp³-hybridized carbons (Fsp3) is 0.889. The maximum Gasteiger partial charge on any atom is 0.140 e. The van der Waals surface area contributed by atoms with Crippen LogP contribution in [0.25, 0.3) is 0 Å². The number of hydrogen-bond acceptors (Lipinski definition) is 3. The largest absolute Gasteiger partial charge is 0.409 e. The zero-order valence-electron chi connectivity index (χ0n) is 8.00. The van der Waals surface area contributed by atoms with Crippen LogP contribution in [0.1, 0.15) is 32.1 Å². The molecule has 0 bridgehead atoms. The molecule has 4 N–H and O–H groups in total. The molecule has 0 unspecified atom stereocenters. The van der Waals surface area contributed by atoms with Gasteiger partial charge in [-0.3, -0.25) is 0 Å². The van der Waals surface area contributed by atoms with E-state index in [0.29, 0.717) is 12.3 Å². The van der Waals surface area contributed by atoms with Gasteiger partial charge in [-0.1, -0.05) is 24.4 Å². The van der Waals surface area contributed by atoms with Gasteiger partial charge in [0, 0.05) is 13.0 Å². The highest BCUT2D eigenvalue weighted by molar-refractivity contribution is 5.79. The molecule has 0 aromatic carbocycles. The molecule has 0 aromatic rings. The lowest BCUT2D eigenvalue weighted by Gasteiger charge is -2.25. The number of nitrogens with one attached hydrogen (secondary N) is 1. The summed E-state index contributed by atoms with van der Waals surface area (Å²) < 4.78 is 0. The van der Waals surface area contributed by atoms with Crippen molar-refractivity contribution in [2.45, 2.75) is 32.1 Å². The third kappa shape index (κ3) is 4.12. The van der Waals surface area contributed by atoms with Gasteiger partial charge in [-0.15, -0.1) is 0 Å². The summed E-state index contributed by atoms with van der Waals surface area (Å²) in [5, 5.41) is 14.4. The molecule has 4 heteroatoms. The number of amidine groups is 1. The van der Waals surface area contributed by atoms with Crippen molar-refractivity contribution in [1.82, 2.24) is 5.32 Å². The van der Waals surface area contributed by atoms with Gasteiger partial charge in [-0.05, 0) is 18.9 Å². The number of hydrogen-bond donors (Lipinski definition) is 3. The Hall–Kier alpha value is -0.770. The molecule has 76 valence electrons. The van der Waals surface area contributed by atoms with Crippen LogP contribution in [0.15, 0.2) is 5.16 Å². The van der Waals surface area contributed by atoms with E-state index in [-0.39, 0.29) is 0 Å². The first-order valence-electron chi connectivity index (χ1n) is 5.00. The van der Waals surface area contributed by atoms with Crippen LogP contribution >= 0.6 is 0 Å². The molecule has 1 aliphatic rings. The topological polar surface area (TPSA) is 70.6 Å². The van der Waals surface area contributed by atoms with E-state index in [0.717, 1.165) is 19.0 Å². The predicted molar refractivity (Wildman–Crippen MR) is 52.9 cm³/mol. The average molecular weight is 185 g/mol. The highest BCUT2D eigenvalue weighted by atomic mass is 16.4. The third-order valence-corrected chi connectivity index (χ3v) is 2.64. The lowest BCUT2D eigenvalue weighted by atomic mass is 9.83. The van der Waals surface area contributed by atoms with E-state index < -0.39 is 0 Å². The van der Waals surface area contributed by atoms with Gasteiger partial charge >= 0.3 is 0 Å². The van der Waals surface area contributed by atoms with Crippen LogP contribution in [0.3, 0.4) is 0 Å². The van der Waals surface area contributed by atoms with E-state index in [1.54, 1.807) is 0 Å². The van der Waals surface area contributed by atoms with Crippen molar-refractivity contribution < 1.29 is 5.21 Å². The van der Waals surface area contributed by atoms with E-state index in [2.05, 4.69) is 10.5 Å². The van der Waals surface area contributed by atoms with Crippen LogP contribution < -0.4 is 11.1 Å². The summed E-state index contributed by atoms with van der Waals surface area (Å²) in [7, 11) is 0. The molecule has 1 rings (SSSR count). The Morgan fingerprint density at radius 2 is 2.23 bits per heavy atom. The van der Waals surface area contributed by atoms with Crippen LogP contribution in [-0.2, 0) is 0 Å². The predicted octanol–water partition coefficient (Wildman–Crippen LogP) is 0.903. The van der Waals surface area contributed by atoms with Gasteiger partial charge in [0.2, 0.25) is 0 Å². The first-order chi connectivity index (χ1) is 6.33. The number of nitrogens with two attached hydrogens (primary N) is 1. The summed E-state index contributed by atoms with van der Waals surface area (Å²) >= 11 is 0. The molecule has 0 heterocycles. The van der Waals surface area contributed by atoms with Crippen LogP contribution in [0, 0.1) is 5.92 Å². The Balaban J connectivity index is 1.83. The molecule has 0 radical (unpaired) electrons. The molecule has 13 heavy (non-hydrogen) atoms. The van der Waals surface area contributed by atoms with Gasteiger partial charge in [-0.25, -0.2) is 0 Å². The van der Waals surface area contributed by atoms with Crippen molar-refractivity contribution in [2.75, 3.05) is 13.1 Å². The summed E-state index contributed by atoms with van der Waals surface area (Å²) in [6.07, 6.45) is 6.12. The van der Waals surface area contributed by atoms with E-state index in [1.807, 2.05) is 0 Å². The third-order valence-electron chi connectivity index (χ3n) is 2.64. The second-order valence-electron chi connectivity index (χ2n) is 3.68. The fourth-order valence-electron chi connectivity index (χ4n) is 1.48. The van der Waals surface area contributed by atoms with E-state index in [9.17, 15) is 0 Å². The molecule has 1 fully saturated rings. The van der Waals surface area contributed by atoms with Crippen LogP contribution in [0.5, 0.6) is 0 Å². The summed E-state index contributed by atoms with van der Waals surface area (Å²) in [4.78, 5) is 0. The van der Waals surface area contributed by atoms with Crippen molar-refractivity contribution in [3.63, 3.8) is 0 Å². The first kappa shape index (κ1) is 10.3. The highest BCUT2D eigenvalue weighted by Crippen LogP contribution is 2.28. The summed E-state index contributed by atoms with van der Waals surface area (Å²) in [5.74, 6) is 1.26. The zero-order chi connectivity index (χ0) is 9.52. The maximum absolute atomic E-state index is 8.26. The lowest BCUT2D eigenvalue weighted by molar-refractivity contribution is 0.292. The fourth-order valence-corrected chi connectivity index (χ4v) is 1.48. The minimum absolute atomic E-state index is 0.302. The van der Waals surface area contributed by atoms with Gasteiger partial charge in [-0.2, -0.15) is 0 Å². The molecule has 0 atom stereocenters. The lowest BCUT2D eigenvalue weighted by Crippen LogP contribution is -2.25. The molecule has 0 aliphatic heterocycles. The summed E-state index contributed by atoms with van der Waals surface area (Å²) in [6, 6.07) is 0. The molecular formula is C9H19N3O. The second-order valence-corrected chi connectivity index (χ2v) is 3.68. The number of rotatable bonds is 6. The van der Waals surface area contributed by atoms with Gasteiger partial charge in [0.05, 0.1) is 0 Å². The Morgan fingerprint density at radius 1 is 1.46 bits per heavy atom. The van der Waals surface area contributed by atoms with Crippen molar-refractivity contribution in [2.24, 2.45) is 16.8 Å². The molecular weight excluding hydrogens is 166 g/mol. The van der Waals surface area contributed by atoms with Crippen molar-refractivity contribution in [1.29, 1.82) is 0 Å². The van der Waals surface area contributed by atoms with Crippen molar-refractivity contribution >= 4 is 5.84 Å². The van der Waals surface area contributed by atoms with E-state index >= 15 is 0 Å². The average Bonchev–Trinajstić information content (AvgIpc) is 2.07. The normalized spacial score (nSPS) is 18.6. The Kier molecular flexibility index (Phi) is 4.60. The Labute approximate surface area is 79.2 Å². The molecule has 4 nitrogen and oxygen atoms in total. The van der Waals surface area contributed by atoms with E-state index in [4.69, 9.17) is 10.9 Å². The van der Waals surface area contributed by atoms with Gasteiger partial charge in [0.1, 0.15) is 5.84 Å². The summed E-state index contributed by atoms with van der Waals surface area (Å²) in [6.45, 7) is 1.87. The van der Waals surface area contributed by atoms with Gasteiger partial charge < -0.3 is 16.3 Å². The number of oxime groups is 1. The minimum Gasteiger partial charge on any atom is -0.409 e. The molecule has 0 saturated heterocycles. The quantitative estimate of drug-likeness (QED) is 0.189. The molecule has 1 saturated carbocycles. The smallest absolute Gasteiger partial charge is 0.140 e. The van der Waals surface area contributed by atoms with E-state index in [1.165, 1.54) is 25.7 Å². The molecule has 1 aliphatic carbocycles. The number of nitrogens with zero attached hydrogens (tertiary/aromatic N) is 1. The van der Waals surface area contributed by atoms with Gasteiger partial charge in [0.15, 0.2) is 0 Å². The minimum atomic E-state index is 0.302. The first-order valence-corrected chi connectivity index (χ1v) is 5.00. The van der Waals surface area contributed by atoms with Crippen LogP contribution in [-0.4, -0.2) is 24.1 Å². The van der Waals surface area contributed by atoms with Crippen LogP contribution in [0.2, 0.25) is 0 Å². The standard InChI is InChI=1S/C9H19N3O/c10-9(12-13)5-7-11-6-4-8-2-1-3-8/h8,11,13H,1-7H2,(H2,10,12). The molecule has 0 spiro atoms. The van der Waals surface area contributed by atoms with Crippen LogP contribution in [0.4, 0.5) is 0 Å². The van der Waals surface area contributed by atoms with Gasteiger partial charge in [0.25, 0.3) is 0 Å². The van der Waals surface area contributed by atoms with Crippen molar-refractivity contribution in [3.05, 3.63) is 0 Å². The SMILES string of the molecule is NC(CCNCCC1CCC1)=NO. The summed E-state index contributed by atoms with van der Waals surface area (Å²) in [5.41, 5.74) is 5.31. The highest BCUT2D eigenvalue weighted by Gasteiger charge is 2.15. The monoisotopic (exact) mass is 185 g/mol. The maximum atomic E-state index is 8.26. The Morgan fingerprint density at radius 3 is 2.77 bits per heavy atom. The molecule has 0 aromatic heterocycles. The van der Waals surface area contributed by atoms with Crippen molar-refractivity contribution in [3.8, 4) is 0 Å². The molecule has 0 amide bonds.